The fourth-order valence-electron chi connectivity index (χ4n) is 4.62. The number of aliphatic hydroxyl groups excluding tert-OH is 1. The lowest BCUT2D eigenvalue weighted by atomic mass is 9.88. The quantitative estimate of drug-likeness (QED) is 0.474. The molecule has 33 heavy (non-hydrogen) atoms. The van der Waals surface area contributed by atoms with Crippen LogP contribution in [-0.4, -0.2) is 55.7 Å². The summed E-state index contributed by atoms with van der Waals surface area (Å²) in [6, 6.07) is 6.66. The molecular weight excluding hydrogens is 450 g/mol. The van der Waals surface area contributed by atoms with E-state index in [1.165, 1.54) is 24.3 Å². The number of nitrogens with one attached hydrogen (secondary N) is 2. The number of anilines is 2. The van der Waals surface area contributed by atoms with Gasteiger partial charge in [-0.05, 0) is 68.5 Å². The third kappa shape index (κ3) is 5.62. The first-order valence-corrected chi connectivity index (χ1v) is 12.8. The van der Waals surface area contributed by atoms with Crippen molar-refractivity contribution in [3.05, 3.63) is 47.7 Å². The molecule has 7 nitrogen and oxygen atoms in total. The Bertz CT molecular complexity index is 1100. The van der Waals surface area contributed by atoms with Gasteiger partial charge in [0.05, 0.1) is 6.61 Å². The molecule has 4 rings (SSSR count). The van der Waals surface area contributed by atoms with Crippen molar-refractivity contribution in [1.29, 1.82) is 0 Å². The molecule has 1 aromatic carbocycles. The lowest BCUT2D eigenvalue weighted by molar-refractivity contribution is 0.143. The monoisotopic (exact) mass is 480 g/mol. The lowest BCUT2D eigenvalue weighted by Gasteiger charge is -2.39. The lowest BCUT2D eigenvalue weighted by Crippen LogP contribution is -2.48. The van der Waals surface area contributed by atoms with Crippen molar-refractivity contribution in [2.45, 2.75) is 61.4 Å². The second-order valence-corrected chi connectivity index (χ2v) is 10.6. The summed E-state index contributed by atoms with van der Waals surface area (Å²) in [5.74, 6) is -1.74. The van der Waals surface area contributed by atoms with Gasteiger partial charge in [0.25, 0.3) is 10.0 Å². The van der Waals surface area contributed by atoms with Crippen LogP contribution in [-0.2, 0) is 10.0 Å². The van der Waals surface area contributed by atoms with Crippen LogP contribution in [0.5, 0.6) is 0 Å². The number of benzene rings is 1. The summed E-state index contributed by atoms with van der Waals surface area (Å²) in [7, 11) is -2.31. The summed E-state index contributed by atoms with van der Waals surface area (Å²) < 4.78 is 56.4. The van der Waals surface area contributed by atoms with Crippen molar-refractivity contribution in [3.8, 4) is 0 Å². The predicted molar refractivity (Wildman–Crippen MR) is 123 cm³/mol. The van der Waals surface area contributed by atoms with E-state index in [9.17, 15) is 17.9 Å². The molecule has 2 fully saturated rings. The number of hydrogen-bond acceptors (Lipinski definition) is 6. The molecule has 3 N–H and O–H groups in total. The first kappa shape index (κ1) is 23.8. The summed E-state index contributed by atoms with van der Waals surface area (Å²) in [5, 5.41) is 12.8. The molecule has 0 spiro atoms. The Labute approximate surface area is 193 Å². The summed E-state index contributed by atoms with van der Waals surface area (Å²) >= 11 is 0. The van der Waals surface area contributed by atoms with E-state index in [0.29, 0.717) is 12.2 Å². The van der Waals surface area contributed by atoms with E-state index in [1.807, 2.05) is 7.05 Å². The molecule has 2 aliphatic carbocycles. The van der Waals surface area contributed by atoms with E-state index in [4.69, 9.17) is 0 Å². The van der Waals surface area contributed by atoms with Gasteiger partial charge < -0.3 is 10.4 Å². The van der Waals surface area contributed by atoms with Crippen LogP contribution in [0.1, 0.15) is 50.0 Å². The fraction of sp³-hybridized carbons (Fsp3) is 0.522. The summed E-state index contributed by atoms with van der Waals surface area (Å²) in [4.78, 5) is 5.15. The molecule has 2 aliphatic rings. The number of halogens is 2. The SMILES string of the molecule is CN(CCO)[C@H]1CCCC[C@@H]1Nc1cc(F)c(S(=O)(=O)Nc2cccc(F)n2)cc1C1CC1. The molecule has 180 valence electrons. The highest BCUT2D eigenvalue weighted by Crippen LogP contribution is 2.45. The first-order chi connectivity index (χ1) is 15.8. The predicted octanol–water partition coefficient (Wildman–Crippen LogP) is 3.69. The van der Waals surface area contributed by atoms with Crippen molar-refractivity contribution in [3.63, 3.8) is 0 Å². The van der Waals surface area contributed by atoms with Gasteiger partial charge in [-0.3, -0.25) is 9.62 Å². The van der Waals surface area contributed by atoms with Gasteiger partial charge in [-0.15, -0.1) is 0 Å². The van der Waals surface area contributed by atoms with Gasteiger partial charge in [0, 0.05) is 24.3 Å². The standard InChI is InChI=1S/C23H30F2N4O3S/c1-29(11-12-30)20-6-3-2-5-18(20)26-19-14-17(24)21(13-16(19)15-9-10-15)33(31,32)28-23-8-4-7-22(25)27-23/h4,7-8,13-15,18,20,26,30H,2-3,5-6,9-12H2,1H3,(H,27,28)/t18-,20-/m0/s1. The van der Waals surface area contributed by atoms with Crippen LogP contribution in [0.3, 0.4) is 0 Å². The van der Waals surface area contributed by atoms with Crippen molar-refractivity contribution in [2.75, 3.05) is 30.2 Å². The van der Waals surface area contributed by atoms with Gasteiger partial charge in [-0.25, -0.2) is 17.8 Å². The van der Waals surface area contributed by atoms with E-state index in [0.717, 1.165) is 50.2 Å². The van der Waals surface area contributed by atoms with Gasteiger partial charge in [0.2, 0.25) is 5.95 Å². The maximum Gasteiger partial charge on any atom is 0.265 e. The van der Waals surface area contributed by atoms with Gasteiger partial charge in [-0.2, -0.15) is 4.39 Å². The molecule has 0 saturated heterocycles. The van der Waals surface area contributed by atoms with Gasteiger partial charge in [-0.1, -0.05) is 18.9 Å². The third-order valence-corrected chi connectivity index (χ3v) is 7.82. The maximum atomic E-state index is 15.1. The molecule has 2 aromatic rings. The molecule has 0 amide bonds. The average molecular weight is 481 g/mol. The molecule has 0 aliphatic heterocycles. The number of likely N-dealkylation sites (N-methyl/N-ethyl adjacent to an activating group) is 1. The Hall–Kier alpha value is -2.30. The Morgan fingerprint density at radius 3 is 2.61 bits per heavy atom. The van der Waals surface area contributed by atoms with Gasteiger partial charge in [0.15, 0.2) is 0 Å². The van der Waals surface area contributed by atoms with Crippen molar-refractivity contribution < 1.29 is 22.3 Å². The minimum Gasteiger partial charge on any atom is -0.395 e. The summed E-state index contributed by atoms with van der Waals surface area (Å²) in [5.41, 5.74) is 1.39. The van der Waals surface area contributed by atoms with Crippen LogP contribution in [0.25, 0.3) is 0 Å². The number of rotatable bonds is 9. The van der Waals surface area contributed by atoms with Gasteiger partial charge >= 0.3 is 0 Å². The summed E-state index contributed by atoms with van der Waals surface area (Å²) in [6.45, 7) is 0.630. The number of hydrogen-bond donors (Lipinski definition) is 3. The molecule has 1 heterocycles. The van der Waals surface area contributed by atoms with Crippen molar-refractivity contribution >= 4 is 21.5 Å². The Kier molecular flexibility index (Phi) is 7.16. The maximum absolute atomic E-state index is 15.1. The normalized spacial score (nSPS) is 21.2. The van der Waals surface area contributed by atoms with Crippen LogP contribution in [0.15, 0.2) is 35.2 Å². The smallest absolute Gasteiger partial charge is 0.265 e. The molecule has 2 saturated carbocycles. The molecule has 0 unspecified atom stereocenters. The van der Waals surface area contributed by atoms with Crippen molar-refractivity contribution in [1.82, 2.24) is 9.88 Å². The highest BCUT2D eigenvalue weighted by molar-refractivity contribution is 7.92. The van der Waals surface area contributed by atoms with E-state index in [1.54, 1.807) is 0 Å². The Morgan fingerprint density at radius 1 is 1.15 bits per heavy atom. The van der Waals surface area contributed by atoms with Crippen LogP contribution in [0.2, 0.25) is 0 Å². The van der Waals surface area contributed by atoms with E-state index >= 15 is 4.39 Å². The molecule has 2 atom stereocenters. The Balaban J connectivity index is 1.62. The molecule has 10 heteroatoms. The number of nitrogens with zero attached hydrogens (tertiary/aromatic N) is 2. The minimum absolute atomic E-state index is 0.0708. The van der Waals surface area contributed by atoms with E-state index in [-0.39, 0.29) is 30.4 Å². The van der Waals surface area contributed by atoms with E-state index < -0.39 is 26.7 Å². The zero-order valence-electron chi connectivity index (χ0n) is 18.6. The van der Waals surface area contributed by atoms with Gasteiger partial charge in [0.1, 0.15) is 16.5 Å². The first-order valence-electron chi connectivity index (χ1n) is 11.3. The Morgan fingerprint density at radius 2 is 1.91 bits per heavy atom. The third-order valence-electron chi connectivity index (χ3n) is 6.45. The number of aromatic nitrogens is 1. The van der Waals surface area contributed by atoms with Crippen LogP contribution >= 0.6 is 0 Å². The van der Waals surface area contributed by atoms with Crippen LogP contribution < -0.4 is 10.0 Å². The van der Waals surface area contributed by atoms with E-state index in [2.05, 4.69) is 19.9 Å². The molecule has 0 radical (unpaired) electrons. The number of sulfonamides is 1. The molecule has 0 bridgehead atoms. The van der Waals surface area contributed by atoms with Crippen LogP contribution in [0.4, 0.5) is 20.3 Å². The zero-order chi connectivity index (χ0) is 23.6. The second-order valence-electron chi connectivity index (χ2n) is 8.90. The van der Waals surface area contributed by atoms with Crippen molar-refractivity contribution in [2.24, 2.45) is 0 Å². The zero-order valence-corrected chi connectivity index (χ0v) is 19.4. The average Bonchev–Trinajstić information content (AvgIpc) is 3.59. The highest BCUT2D eigenvalue weighted by atomic mass is 32.2. The highest BCUT2D eigenvalue weighted by Gasteiger charge is 2.33. The largest absolute Gasteiger partial charge is 0.395 e. The molecular formula is C23H30F2N4O3S. The topological polar surface area (TPSA) is 94.6 Å². The molecule has 1 aromatic heterocycles. The fourth-order valence-corrected chi connectivity index (χ4v) is 5.72. The minimum atomic E-state index is -4.29. The second kappa shape index (κ2) is 9.90. The number of aliphatic hydroxyl groups is 1. The summed E-state index contributed by atoms with van der Waals surface area (Å²) in [6.07, 6.45) is 5.87. The van der Waals surface area contributed by atoms with Crippen LogP contribution in [0, 0.1) is 11.8 Å². The number of pyridine rings is 1.